The molecule has 0 fully saturated rings. The summed E-state index contributed by atoms with van der Waals surface area (Å²) in [5.74, 6) is 0. The molecule has 0 bridgehead atoms. The first-order valence-electron chi connectivity index (χ1n) is 7.67. The number of anilines is 1. The molecule has 0 aromatic carbocycles. The molecule has 0 aliphatic rings. The molecular formula is C17H22N4S2. The number of rotatable bonds is 5. The Hall–Kier alpha value is -1.66. The van der Waals surface area contributed by atoms with E-state index in [4.69, 9.17) is 5.10 Å². The van der Waals surface area contributed by atoms with Gasteiger partial charge in [-0.3, -0.25) is 4.68 Å². The van der Waals surface area contributed by atoms with Crippen molar-refractivity contribution in [2.45, 2.75) is 34.2 Å². The van der Waals surface area contributed by atoms with Crippen molar-refractivity contribution in [3.05, 3.63) is 40.3 Å². The third-order valence-electron chi connectivity index (χ3n) is 3.36. The monoisotopic (exact) mass is 346 g/mol. The average Bonchev–Trinajstić information content (AvgIpc) is 3.17. The minimum absolute atomic E-state index is 0.238. The quantitative estimate of drug-likeness (QED) is 0.716. The summed E-state index contributed by atoms with van der Waals surface area (Å²) in [6, 6.07) is 4.21. The van der Waals surface area contributed by atoms with E-state index in [1.165, 1.54) is 5.56 Å². The van der Waals surface area contributed by atoms with E-state index in [9.17, 15) is 0 Å². The minimum atomic E-state index is 0.238. The summed E-state index contributed by atoms with van der Waals surface area (Å²) < 4.78 is 1.98. The van der Waals surface area contributed by atoms with E-state index < -0.39 is 0 Å². The fraction of sp³-hybridized carbons (Fsp3) is 0.412. The van der Waals surface area contributed by atoms with Crippen LogP contribution in [0.1, 0.15) is 32.0 Å². The Morgan fingerprint density at radius 1 is 1.26 bits per heavy atom. The van der Waals surface area contributed by atoms with E-state index in [-0.39, 0.29) is 5.41 Å². The summed E-state index contributed by atoms with van der Waals surface area (Å²) in [7, 11) is 0. The van der Waals surface area contributed by atoms with Crippen molar-refractivity contribution in [2.75, 3.05) is 11.9 Å². The van der Waals surface area contributed by atoms with Crippen molar-refractivity contribution in [1.29, 1.82) is 0 Å². The SMILES string of the molecule is Cc1nc(NCC(C)(C)C)sc1-c1ccn(Cc2ccsc2)n1. The molecule has 0 amide bonds. The standard InChI is InChI=1S/C17H22N4S2/c1-12-15(23-16(19-12)18-11-17(2,3)4)14-5-7-21(20-14)9-13-6-8-22-10-13/h5-8,10H,9,11H2,1-4H3,(H,18,19). The summed E-state index contributed by atoms with van der Waals surface area (Å²) in [5, 5.41) is 13.4. The van der Waals surface area contributed by atoms with Gasteiger partial charge in [0.05, 0.1) is 17.1 Å². The summed E-state index contributed by atoms with van der Waals surface area (Å²) in [5.41, 5.74) is 3.56. The van der Waals surface area contributed by atoms with E-state index in [2.05, 4.69) is 54.0 Å². The lowest BCUT2D eigenvalue weighted by molar-refractivity contribution is 0.443. The van der Waals surface area contributed by atoms with Crippen LogP contribution in [0.3, 0.4) is 0 Å². The zero-order valence-electron chi connectivity index (χ0n) is 14.0. The number of thiophene rings is 1. The summed E-state index contributed by atoms with van der Waals surface area (Å²) in [6.07, 6.45) is 2.04. The second-order valence-corrected chi connectivity index (χ2v) is 8.66. The van der Waals surface area contributed by atoms with Crippen LogP contribution < -0.4 is 5.32 Å². The maximum Gasteiger partial charge on any atom is 0.183 e. The van der Waals surface area contributed by atoms with Crippen LogP contribution >= 0.6 is 22.7 Å². The van der Waals surface area contributed by atoms with Crippen LogP contribution in [0.2, 0.25) is 0 Å². The summed E-state index contributed by atoms with van der Waals surface area (Å²) in [6.45, 7) is 10.4. The number of thiazole rings is 1. The molecule has 3 aromatic heterocycles. The van der Waals surface area contributed by atoms with Gasteiger partial charge in [0.15, 0.2) is 5.13 Å². The lowest BCUT2D eigenvalue weighted by Gasteiger charge is -2.17. The zero-order chi connectivity index (χ0) is 16.4. The third-order valence-corrected chi connectivity index (χ3v) is 5.23. The van der Waals surface area contributed by atoms with Crippen molar-refractivity contribution < 1.29 is 0 Å². The fourth-order valence-corrected chi connectivity index (χ4v) is 3.78. The highest BCUT2D eigenvalue weighted by molar-refractivity contribution is 7.19. The number of hydrogen-bond acceptors (Lipinski definition) is 5. The minimum Gasteiger partial charge on any atom is -0.361 e. The molecule has 0 saturated heterocycles. The predicted molar refractivity (Wildman–Crippen MR) is 99.4 cm³/mol. The van der Waals surface area contributed by atoms with Gasteiger partial charge in [0, 0.05) is 12.7 Å². The maximum absolute atomic E-state index is 4.70. The van der Waals surface area contributed by atoms with Crippen LogP contribution in [0.5, 0.6) is 0 Å². The molecule has 3 aromatic rings. The molecule has 23 heavy (non-hydrogen) atoms. The largest absolute Gasteiger partial charge is 0.361 e. The fourth-order valence-electron chi connectivity index (χ4n) is 2.19. The van der Waals surface area contributed by atoms with Crippen LogP contribution in [-0.4, -0.2) is 21.3 Å². The van der Waals surface area contributed by atoms with E-state index in [1.54, 1.807) is 22.7 Å². The normalized spacial score (nSPS) is 11.8. The van der Waals surface area contributed by atoms with Crippen LogP contribution in [0.4, 0.5) is 5.13 Å². The summed E-state index contributed by atoms with van der Waals surface area (Å²) >= 11 is 3.40. The first kappa shape index (κ1) is 16.2. The van der Waals surface area contributed by atoms with E-state index in [0.29, 0.717) is 0 Å². The number of nitrogens with one attached hydrogen (secondary N) is 1. The smallest absolute Gasteiger partial charge is 0.183 e. The van der Waals surface area contributed by atoms with Gasteiger partial charge in [-0.1, -0.05) is 32.1 Å². The molecule has 3 heterocycles. The Morgan fingerprint density at radius 3 is 2.78 bits per heavy atom. The molecule has 0 atom stereocenters. The van der Waals surface area contributed by atoms with Gasteiger partial charge in [-0.05, 0) is 40.8 Å². The molecule has 0 spiro atoms. The van der Waals surface area contributed by atoms with Crippen LogP contribution in [-0.2, 0) is 6.54 Å². The molecule has 0 radical (unpaired) electrons. The second-order valence-electron chi connectivity index (χ2n) is 6.88. The Kier molecular flexibility index (Phi) is 4.55. The Bertz CT molecular complexity index is 763. The predicted octanol–water partition coefficient (Wildman–Crippen LogP) is 4.88. The highest BCUT2D eigenvalue weighted by Crippen LogP contribution is 2.32. The van der Waals surface area contributed by atoms with Gasteiger partial charge in [0.25, 0.3) is 0 Å². The average molecular weight is 347 g/mol. The molecule has 0 aliphatic carbocycles. The van der Waals surface area contributed by atoms with Crippen molar-refractivity contribution in [3.63, 3.8) is 0 Å². The van der Waals surface area contributed by atoms with E-state index >= 15 is 0 Å². The van der Waals surface area contributed by atoms with Gasteiger partial charge in [0.2, 0.25) is 0 Å². The Labute approximate surface area is 145 Å². The molecule has 3 rings (SSSR count). The van der Waals surface area contributed by atoms with Gasteiger partial charge in [-0.15, -0.1) is 0 Å². The first-order chi connectivity index (χ1) is 10.9. The van der Waals surface area contributed by atoms with Crippen LogP contribution in [0.25, 0.3) is 10.6 Å². The number of aromatic nitrogens is 3. The highest BCUT2D eigenvalue weighted by Gasteiger charge is 2.15. The Balaban J connectivity index is 1.74. The highest BCUT2D eigenvalue weighted by atomic mass is 32.1. The van der Waals surface area contributed by atoms with Gasteiger partial charge in [-0.25, -0.2) is 4.98 Å². The molecule has 6 heteroatoms. The lowest BCUT2D eigenvalue weighted by Crippen LogP contribution is -2.18. The number of aryl methyl sites for hydroxylation is 1. The van der Waals surface area contributed by atoms with Crippen LogP contribution in [0.15, 0.2) is 29.1 Å². The number of nitrogens with zero attached hydrogens (tertiary/aromatic N) is 3. The molecule has 0 aliphatic heterocycles. The van der Waals surface area contributed by atoms with Gasteiger partial charge < -0.3 is 5.32 Å². The first-order valence-corrected chi connectivity index (χ1v) is 9.43. The zero-order valence-corrected chi connectivity index (χ0v) is 15.6. The van der Waals surface area contributed by atoms with Crippen molar-refractivity contribution in [1.82, 2.24) is 14.8 Å². The number of hydrogen-bond donors (Lipinski definition) is 1. The van der Waals surface area contributed by atoms with E-state index in [1.807, 2.05) is 17.8 Å². The molecule has 4 nitrogen and oxygen atoms in total. The van der Waals surface area contributed by atoms with Crippen LogP contribution in [0, 0.1) is 12.3 Å². The van der Waals surface area contributed by atoms with Crippen molar-refractivity contribution in [2.24, 2.45) is 5.41 Å². The molecule has 0 saturated carbocycles. The van der Waals surface area contributed by atoms with Gasteiger partial charge in [0.1, 0.15) is 5.69 Å². The Morgan fingerprint density at radius 2 is 2.09 bits per heavy atom. The molecule has 122 valence electrons. The summed E-state index contributed by atoms with van der Waals surface area (Å²) in [4.78, 5) is 5.78. The maximum atomic E-state index is 4.70. The van der Waals surface area contributed by atoms with E-state index in [0.717, 1.165) is 34.5 Å². The van der Waals surface area contributed by atoms with Gasteiger partial charge >= 0.3 is 0 Å². The molecular weight excluding hydrogens is 324 g/mol. The van der Waals surface area contributed by atoms with Crippen molar-refractivity contribution >= 4 is 27.8 Å². The lowest BCUT2D eigenvalue weighted by atomic mass is 9.97. The van der Waals surface area contributed by atoms with Gasteiger partial charge in [-0.2, -0.15) is 16.4 Å². The molecule has 1 N–H and O–H groups in total. The molecule has 0 unspecified atom stereocenters. The van der Waals surface area contributed by atoms with Crippen molar-refractivity contribution in [3.8, 4) is 10.6 Å². The third kappa shape index (κ3) is 4.20. The topological polar surface area (TPSA) is 42.7 Å². The second kappa shape index (κ2) is 6.45.